The molecule has 0 aliphatic carbocycles. The highest BCUT2D eigenvalue weighted by molar-refractivity contribution is 7.99. The number of fused-ring (bicyclic) bond motifs is 9. The molecule has 61 heavy (non-hydrogen) atoms. The first-order valence-electron chi connectivity index (χ1n) is 20.4. The third-order valence-corrected chi connectivity index (χ3v) is 13.3. The first-order valence-corrected chi connectivity index (χ1v) is 21.4. The average Bonchev–Trinajstić information content (AvgIpc) is 3.68. The van der Waals surface area contributed by atoms with E-state index in [-0.39, 0.29) is 43.7 Å². The Kier molecular flexibility index (Phi) is 12.3. The Balaban J connectivity index is 1.41. The number of nitrogens with one attached hydrogen (secondary N) is 2. The number of amides is 2. The third-order valence-electron chi connectivity index (χ3n) is 11.9. The molecule has 5 aliphatic heterocycles. The number of nitrogens with zero attached hydrogens (tertiary/aromatic N) is 3. The van der Waals surface area contributed by atoms with Gasteiger partial charge in [0, 0.05) is 54.1 Å². The van der Waals surface area contributed by atoms with Gasteiger partial charge in [0.05, 0.1) is 30.5 Å². The lowest BCUT2D eigenvalue weighted by molar-refractivity contribution is -0.152. The van der Waals surface area contributed by atoms with Crippen LogP contribution in [0.25, 0.3) is 0 Å². The molecule has 18 heteroatoms. The normalized spacial score (nSPS) is 25.8. The van der Waals surface area contributed by atoms with Crippen molar-refractivity contribution >= 4 is 35.7 Å². The van der Waals surface area contributed by atoms with Gasteiger partial charge in [0.2, 0.25) is 12.7 Å². The van der Waals surface area contributed by atoms with E-state index < -0.39 is 71.0 Å². The fourth-order valence-electron chi connectivity index (χ4n) is 9.54. The summed E-state index contributed by atoms with van der Waals surface area (Å²) in [5.41, 5.74) is 3.69. The molecule has 0 spiro atoms. The summed E-state index contributed by atoms with van der Waals surface area (Å²) in [5, 5.41) is 16.1. The minimum Gasteiger partial charge on any atom is -0.493 e. The zero-order valence-electron chi connectivity index (χ0n) is 36.5. The summed E-state index contributed by atoms with van der Waals surface area (Å²) in [7, 11) is 5.13. The molecule has 7 rings (SSSR count). The smallest absolute Gasteiger partial charge is 0.408 e. The molecule has 2 aromatic carbocycles. The Morgan fingerprint density at radius 1 is 1.05 bits per heavy atom. The van der Waals surface area contributed by atoms with Gasteiger partial charge in [-0.05, 0) is 65.1 Å². The van der Waals surface area contributed by atoms with Crippen molar-refractivity contribution < 1.29 is 57.1 Å². The SMILES string of the molecule is COCOc1c(OC)c(C)cc2c1[C@@H]1C3[C@@H]4SC[C@H](NC(=O)C(NC(=O)OC(C)(C)C)C(C)C)C(=O)OC[C@@H](c5c6c(c(C)c(OC(C)=O)c54)OCO6)N3[C@@H](C#N)[C@H](C2)N1C. The van der Waals surface area contributed by atoms with Crippen LogP contribution >= 0.6 is 11.8 Å². The van der Waals surface area contributed by atoms with E-state index >= 15 is 0 Å². The van der Waals surface area contributed by atoms with Crippen molar-refractivity contribution in [1.29, 1.82) is 5.26 Å². The molecule has 0 saturated carbocycles. The number of nitriles is 1. The number of rotatable bonds is 9. The zero-order chi connectivity index (χ0) is 44.2. The molecule has 5 aliphatic rings. The number of thioether (sulfide) groups is 1. The lowest BCUT2D eigenvalue weighted by atomic mass is 9.71. The number of aryl methyl sites for hydroxylation is 1. The molecule has 330 valence electrons. The Hall–Kier alpha value is -4.96. The fourth-order valence-corrected chi connectivity index (χ4v) is 11.0. The summed E-state index contributed by atoms with van der Waals surface area (Å²) in [6, 6.07) is -0.371. The van der Waals surface area contributed by atoms with Gasteiger partial charge in [-0.15, -0.1) is 11.8 Å². The van der Waals surface area contributed by atoms with E-state index in [1.807, 2.05) is 14.0 Å². The molecule has 4 bridgehead atoms. The Morgan fingerprint density at radius 3 is 2.41 bits per heavy atom. The number of piperazine rings is 1. The van der Waals surface area contributed by atoms with Gasteiger partial charge in [0.1, 0.15) is 36.1 Å². The standard InChI is InChI=1S/C43H55N5O12S/c1-19(2)31(46-42(52)60-43(6,7)8)40(50)45-24-16-61-39-30-29(38-36(57-18-58-38)21(4)35(30)59-22(5)49)27(15-55-41(24)51)48-26(14-44)25-13-23-12-20(3)34(54-11)37(56-17-53-10)28(23)32(33(39)48)47(25)9/h12,19,24-27,31-33,39H,13,15-18H2,1-11H3,(H,45,50)(H,46,52)/t24-,25-,26-,27-,31?,32+,33?,39+/m0/s1. The summed E-state index contributed by atoms with van der Waals surface area (Å²) in [4.78, 5) is 58.4. The molecule has 2 fully saturated rings. The van der Waals surface area contributed by atoms with Crippen LogP contribution in [-0.2, 0) is 35.0 Å². The summed E-state index contributed by atoms with van der Waals surface area (Å²) in [5.74, 6) is -0.0624. The van der Waals surface area contributed by atoms with Crippen molar-refractivity contribution in [2.24, 2.45) is 5.92 Å². The molecule has 2 amide bonds. The van der Waals surface area contributed by atoms with Gasteiger partial charge in [-0.25, -0.2) is 9.59 Å². The zero-order valence-corrected chi connectivity index (χ0v) is 37.3. The second-order valence-electron chi connectivity index (χ2n) is 17.3. The molecule has 2 unspecified atom stereocenters. The van der Waals surface area contributed by atoms with Crippen molar-refractivity contribution in [2.45, 2.75) is 115 Å². The fraction of sp³-hybridized carbons (Fsp3) is 0.605. The molecule has 2 saturated heterocycles. The van der Waals surface area contributed by atoms with Crippen molar-refractivity contribution in [3.8, 4) is 34.8 Å². The van der Waals surface area contributed by atoms with Crippen LogP contribution in [-0.4, -0.2) is 117 Å². The highest BCUT2D eigenvalue weighted by atomic mass is 32.2. The number of carbonyl (C=O) groups is 4. The number of benzene rings is 2. The predicted molar refractivity (Wildman–Crippen MR) is 221 cm³/mol. The summed E-state index contributed by atoms with van der Waals surface area (Å²) in [6.07, 6.45) is -0.271. The average molecular weight is 866 g/mol. The minimum absolute atomic E-state index is 0.0118. The molecule has 8 atom stereocenters. The van der Waals surface area contributed by atoms with Gasteiger partial charge in [-0.1, -0.05) is 19.9 Å². The van der Waals surface area contributed by atoms with Crippen LogP contribution in [0.2, 0.25) is 0 Å². The van der Waals surface area contributed by atoms with Crippen LogP contribution in [0.3, 0.4) is 0 Å². The Morgan fingerprint density at radius 2 is 1.77 bits per heavy atom. The molecule has 17 nitrogen and oxygen atoms in total. The van der Waals surface area contributed by atoms with E-state index in [1.165, 1.54) is 18.7 Å². The Bertz CT molecular complexity index is 2150. The van der Waals surface area contributed by atoms with Crippen LogP contribution in [0.5, 0.6) is 28.7 Å². The van der Waals surface area contributed by atoms with Crippen LogP contribution in [0.15, 0.2) is 6.07 Å². The quantitative estimate of drug-likeness (QED) is 0.202. The number of hydrogen-bond donors (Lipinski definition) is 2. The lowest BCUT2D eigenvalue weighted by Crippen LogP contribution is -2.69. The van der Waals surface area contributed by atoms with Gasteiger partial charge in [-0.2, -0.15) is 5.26 Å². The summed E-state index contributed by atoms with van der Waals surface area (Å²) < 4.78 is 47.7. The highest BCUT2D eigenvalue weighted by Gasteiger charge is 2.61. The maximum Gasteiger partial charge on any atom is 0.408 e. The van der Waals surface area contributed by atoms with E-state index in [0.717, 1.165) is 16.7 Å². The molecule has 0 aromatic heterocycles. The van der Waals surface area contributed by atoms with Gasteiger partial charge in [0.15, 0.2) is 29.8 Å². The van der Waals surface area contributed by atoms with Crippen LogP contribution in [0.4, 0.5) is 4.79 Å². The van der Waals surface area contributed by atoms with Crippen molar-refractivity contribution in [3.05, 3.63) is 39.4 Å². The second-order valence-corrected chi connectivity index (χ2v) is 18.5. The van der Waals surface area contributed by atoms with E-state index in [4.69, 9.17) is 37.9 Å². The van der Waals surface area contributed by atoms with Crippen LogP contribution in [0, 0.1) is 31.1 Å². The van der Waals surface area contributed by atoms with E-state index in [2.05, 4.69) is 32.6 Å². The van der Waals surface area contributed by atoms with E-state index in [0.29, 0.717) is 46.1 Å². The predicted octanol–water partition coefficient (Wildman–Crippen LogP) is 4.54. The Labute approximate surface area is 359 Å². The number of methoxy groups -OCH3 is 2. The molecule has 2 aromatic rings. The first-order chi connectivity index (χ1) is 28.9. The first kappa shape index (κ1) is 44.1. The number of alkyl carbamates (subject to hydrolysis) is 1. The molecular formula is C43H55N5O12S. The molecule has 2 N–H and O–H groups in total. The lowest BCUT2D eigenvalue weighted by Gasteiger charge is -2.61. The third kappa shape index (κ3) is 7.90. The summed E-state index contributed by atoms with van der Waals surface area (Å²) in [6.45, 7) is 13.4. The molecular weight excluding hydrogens is 811 g/mol. The number of esters is 2. The van der Waals surface area contributed by atoms with Crippen LogP contribution in [0.1, 0.15) is 92.3 Å². The van der Waals surface area contributed by atoms with E-state index in [9.17, 15) is 24.4 Å². The monoisotopic (exact) mass is 865 g/mol. The topological polar surface area (TPSA) is 196 Å². The summed E-state index contributed by atoms with van der Waals surface area (Å²) >= 11 is 1.36. The van der Waals surface area contributed by atoms with Crippen molar-refractivity contribution in [3.63, 3.8) is 0 Å². The van der Waals surface area contributed by atoms with Crippen molar-refractivity contribution in [1.82, 2.24) is 20.4 Å². The number of ether oxygens (including phenoxy) is 8. The van der Waals surface area contributed by atoms with Crippen LogP contribution < -0.4 is 34.3 Å². The van der Waals surface area contributed by atoms with Gasteiger partial charge < -0.3 is 48.5 Å². The van der Waals surface area contributed by atoms with Crippen molar-refractivity contribution in [2.75, 3.05) is 47.2 Å². The largest absolute Gasteiger partial charge is 0.493 e. The number of hydrogen-bond acceptors (Lipinski definition) is 16. The van der Waals surface area contributed by atoms with E-state index in [1.54, 1.807) is 55.8 Å². The number of carbonyl (C=O) groups excluding carboxylic acids is 4. The second kappa shape index (κ2) is 17.1. The van der Waals surface area contributed by atoms with Gasteiger partial charge in [-0.3, -0.25) is 19.4 Å². The maximum atomic E-state index is 14.2. The number of likely N-dealkylation sites (N-methyl/N-ethyl adjacent to an activating group) is 1. The maximum absolute atomic E-state index is 14.2. The van der Waals surface area contributed by atoms with Gasteiger partial charge >= 0.3 is 18.0 Å². The van der Waals surface area contributed by atoms with Gasteiger partial charge in [0.25, 0.3) is 0 Å². The minimum atomic E-state index is -1.18. The number of cyclic esters (lactones) is 1. The molecule has 5 heterocycles. The molecule has 0 radical (unpaired) electrons. The highest BCUT2D eigenvalue weighted by Crippen LogP contribution is 2.64.